The van der Waals surface area contributed by atoms with Crippen LogP contribution in [0.15, 0.2) is 48.5 Å². The maximum absolute atomic E-state index is 12.4. The Kier molecular flexibility index (Phi) is 6.69. The Bertz CT molecular complexity index is 1160. The van der Waals surface area contributed by atoms with Gasteiger partial charge in [-0.3, -0.25) is 9.89 Å². The number of hydrogen-bond donors (Lipinski definition) is 3. The molecule has 0 fully saturated rings. The number of fused-ring (bicyclic) bond motifs is 1. The number of hydrogen-bond acceptors (Lipinski definition) is 5. The highest BCUT2D eigenvalue weighted by atomic mass is 16.5. The Morgan fingerprint density at radius 1 is 1.00 bits per heavy atom. The standard InChI is InChI=1S/C24H27N5O3/c1-31-21-12-11-16(14-22(21)32-2)19-15-20(29-28-19)24(30)25-13-7-3-4-10-23-26-17-8-5-6-9-18(17)27-23/h5-6,8-9,11-12,14-15H,3-4,7,10,13H2,1-2H3,(H,25,30)(H,26,27)(H,28,29). The van der Waals surface area contributed by atoms with Crippen LogP contribution in [0.4, 0.5) is 0 Å². The molecular weight excluding hydrogens is 406 g/mol. The van der Waals surface area contributed by atoms with Gasteiger partial charge in [-0.25, -0.2) is 4.98 Å². The molecule has 0 saturated heterocycles. The summed E-state index contributed by atoms with van der Waals surface area (Å²) in [6.07, 6.45) is 3.83. The van der Waals surface area contributed by atoms with E-state index in [1.807, 2.05) is 42.5 Å². The first-order valence-electron chi connectivity index (χ1n) is 10.7. The van der Waals surface area contributed by atoms with Crippen LogP contribution in [0.25, 0.3) is 22.3 Å². The van der Waals surface area contributed by atoms with Gasteiger partial charge >= 0.3 is 0 Å². The van der Waals surface area contributed by atoms with Gasteiger partial charge in [-0.05, 0) is 49.2 Å². The van der Waals surface area contributed by atoms with Gasteiger partial charge < -0.3 is 19.8 Å². The van der Waals surface area contributed by atoms with Crippen molar-refractivity contribution in [1.29, 1.82) is 0 Å². The predicted octanol–water partition coefficient (Wildman–Crippen LogP) is 4.11. The van der Waals surface area contributed by atoms with E-state index in [0.29, 0.717) is 29.4 Å². The second-order valence-electron chi connectivity index (χ2n) is 7.50. The van der Waals surface area contributed by atoms with Gasteiger partial charge in [0, 0.05) is 18.5 Å². The highest BCUT2D eigenvalue weighted by Crippen LogP contribution is 2.31. The zero-order valence-corrected chi connectivity index (χ0v) is 18.3. The van der Waals surface area contributed by atoms with E-state index in [1.54, 1.807) is 20.3 Å². The number of nitrogens with one attached hydrogen (secondary N) is 3. The maximum atomic E-state index is 12.4. The molecule has 0 saturated carbocycles. The summed E-state index contributed by atoms with van der Waals surface area (Å²) >= 11 is 0. The number of para-hydroxylation sites is 2. The normalized spacial score (nSPS) is 10.9. The van der Waals surface area contributed by atoms with Crippen LogP contribution in [-0.4, -0.2) is 46.8 Å². The third kappa shape index (κ3) is 4.91. The number of aryl methyl sites for hydroxylation is 1. The molecule has 2 aromatic carbocycles. The van der Waals surface area contributed by atoms with Gasteiger partial charge in [-0.15, -0.1) is 0 Å². The summed E-state index contributed by atoms with van der Waals surface area (Å²) in [6.45, 7) is 0.615. The molecule has 8 nitrogen and oxygen atoms in total. The molecule has 0 aliphatic carbocycles. The van der Waals surface area contributed by atoms with Gasteiger partial charge in [0.25, 0.3) is 5.91 Å². The second kappa shape index (κ2) is 10.00. The maximum Gasteiger partial charge on any atom is 0.269 e. The van der Waals surface area contributed by atoms with E-state index in [-0.39, 0.29) is 5.91 Å². The highest BCUT2D eigenvalue weighted by molar-refractivity contribution is 5.93. The first kappa shape index (κ1) is 21.4. The van der Waals surface area contributed by atoms with Crippen LogP contribution < -0.4 is 14.8 Å². The molecule has 4 rings (SSSR count). The summed E-state index contributed by atoms with van der Waals surface area (Å²) in [5.41, 5.74) is 4.01. The predicted molar refractivity (Wildman–Crippen MR) is 123 cm³/mol. The molecule has 0 radical (unpaired) electrons. The minimum absolute atomic E-state index is 0.165. The van der Waals surface area contributed by atoms with Gasteiger partial charge in [0.1, 0.15) is 11.5 Å². The number of ether oxygens (including phenoxy) is 2. The van der Waals surface area contributed by atoms with Crippen molar-refractivity contribution in [1.82, 2.24) is 25.5 Å². The number of unbranched alkanes of at least 4 members (excludes halogenated alkanes) is 2. The van der Waals surface area contributed by atoms with Crippen molar-refractivity contribution < 1.29 is 14.3 Å². The number of aromatic amines is 2. The van der Waals surface area contributed by atoms with Crippen LogP contribution in [0.1, 0.15) is 35.6 Å². The van der Waals surface area contributed by atoms with Gasteiger partial charge in [-0.2, -0.15) is 5.10 Å². The zero-order valence-electron chi connectivity index (χ0n) is 18.3. The quantitative estimate of drug-likeness (QED) is 0.326. The molecule has 3 N–H and O–H groups in total. The van der Waals surface area contributed by atoms with Crippen LogP contribution in [0.5, 0.6) is 11.5 Å². The number of nitrogens with zero attached hydrogens (tertiary/aromatic N) is 2. The summed E-state index contributed by atoms with van der Waals surface area (Å²) in [4.78, 5) is 20.4. The minimum Gasteiger partial charge on any atom is -0.493 e. The second-order valence-corrected chi connectivity index (χ2v) is 7.50. The lowest BCUT2D eigenvalue weighted by molar-refractivity contribution is 0.0948. The third-order valence-corrected chi connectivity index (χ3v) is 5.32. The number of aromatic nitrogens is 4. The van der Waals surface area contributed by atoms with E-state index in [4.69, 9.17) is 9.47 Å². The number of carbonyl (C=O) groups is 1. The molecule has 2 heterocycles. The van der Waals surface area contributed by atoms with Crippen LogP contribution in [0.3, 0.4) is 0 Å². The smallest absolute Gasteiger partial charge is 0.269 e. The Morgan fingerprint density at radius 2 is 1.84 bits per heavy atom. The Morgan fingerprint density at radius 3 is 2.66 bits per heavy atom. The average Bonchev–Trinajstić information content (AvgIpc) is 3.48. The van der Waals surface area contributed by atoms with Crippen LogP contribution in [0, 0.1) is 0 Å². The largest absolute Gasteiger partial charge is 0.493 e. The molecule has 0 spiro atoms. The lowest BCUT2D eigenvalue weighted by Crippen LogP contribution is -2.24. The fourth-order valence-corrected chi connectivity index (χ4v) is 3.60. The van der Waals surface area contributed by atoms with E-state index >= 15 is 0 Å². The van der Waals surface area contributed by atoms with Crippen molar-refractivity contribution in [2.75, 3.05) is 20.8 Å². The number of rotatable bonds is 10. The Hall–Kier alpha value is -3.81. The lowest BCUT2D eigenvalue weighted by Gasteiger charge is -2.08. The van der Waals surface area contributed by atoms with E-state index in [0.717, 1.165) is 48.1 Å². The Balaban J connectivity index is 1.22. The molecule has 0 bridgehead atoms. The van der Waals surface area contributed by atoms with E-state index in [2.05, 4.69) is 25.5 Å². The van der Waals surface area contributed by atoms with E-state index < -0.39 is 0 Å². The number of benzene rings is 2. The SMILES string of the molecule is COc1ccc(-c2cc(C(=O)NCCCCCc3nc4ccccc4[nH]3)[nH]n2)cc1OC. The fourth-order valence-electron chi connectivity index (χ4n) is 3.60. The minimum atomic E-state index is -0.165. The van der Waals surface area contributed by atoms with Crippen molar-refractivity contribution in [3.63, 3.8) is 0 Å². The molecule has 1 amide bonds. The van der Waals surface area contributed by atoms with Crippen molar-refractivity contribution in [3.8, 4) is 22.8 Å². The third-order valence-electron chi connectivity index (χ3n) is 5.32. The molecule has 0 aliphatic rings. The molecule has 4 aromatic rings. The van der Waals surface area contributed by atoms with E-state index in [1.165, 1.54) is 0 Å². The van der Waals surface area contributed by atoms with Gasteiger partial charge in [0.05, 0.1) is 30.9 Å². The first-order valence-corrected chi connectivity index (χ1v) is 10.7. The van der Waals surface area contributed by atoms with Gasteiger partial charge in [0.2, 0.25) is 0 Å². The number of methoxy groups -OCH3 is 2. The highest BCUT2D eigenvalue weighted by Gasteiger charge is 2.13. The van der Waals surface area contributed by atoms with E-state index in [9.17, 15) is 4.79 Å². The van der Waals surface area contributed by atoms with Crippen LogP contribution >= 0.6 is 0 Å². The van der Waals surface area contributed by atoms with Crippen LogP contribution in [-0.2, 0) is 6.42 Å². The number of H-pyrrole nitrogens is 2. The van der Waals surface area contributed by atoms with Crippen molar-refractivity contribution >= 4 is 16.9 Å². The van der Waals surface area contributed by atoms with Crippen molar-refractivity contribution in [3.05, 3.63) is 60.0 Å². The molecule has 8 heteroatoms. The van der Waals surface area contributed by atoms with Crippen molar-refractivity contribution in [2.24, 2.45) is 0 Å². The monoisotopic (exact) mass is 433 g/mol. The Labute approximate surface area is 186 Å². The number of amides is 1. The summed E-state index contributed by atoms with van der Waals surface area (Å²) in [5, 5.41) is 10.0. The molecule has 0 unspecified atom stereocenters. The molecule has 0 atom stereocenters. The summed E-state index contributed by atoms with van der Waals surface area (Å²) in [5.74, 6) is 2.10. The summed E-state index contributed by atoms with van der Waals surface area (Å²) in [6, 6.07) is 15.3. The lowest BCUT2D eigenvalue weighted by atomic mass is 10.1. The van der Waals surface area contributed by atoms with Gasteiger partial charge in [0.15, 0.2) is 11.5 Å². The summed E-state index contributed by atoms with van der Waals surface area (Å²) in [7, 11) is 3.18. The van der Waals surface area contributed by atoms with Crippen LogP contribution in [0.2, 0.25) is 0 Å². The molecule has 0 aliphatic heterocycles. The topological polar surface area (TPSA) is 105 Å². The van der Waals surface area contributed by atoms with Gasteiger partial charge in [-0.1, -0.05) is 18.6 Å². The number of imidazole rings is 1. The molecule has 166 valence electrons. The molecule has 2 aromatic heterocycles. The summed E-state index contributed by atoms with van der Waals surface area (Å²) < 4.78 is 10.6. The number of carbonyl (C=O) groups excluding carboxylic acids is 1. The zero-order chi connectivity index (χ0) is 22.3. The molecular formula is C24H27N5O3. The first-order chi connectivity index (χ1) is 15.7. The molecule has 32 heavy (non-hydrogen) atoms. The average molecular weight is 434 g/mol. The fraction of sp³-hybridized carbons (Fsp3) is 0.292. The van der Waals surface area contributed by atoms with Crippen molar-refractivity contribution in [2.45, 2.75) is 25.7 Å².